The molecule has 1 heterocycles. The number of carbonyl (C=O) groups is 1. The highest BCUT2D eigenvalue weighted by Crippen LogP contribution is 2.44. The summed E-state index contributed by atoms with van der Waals surface area (Å²) in [4.78, 5) is 13.0. The van der Waals surface area contributed by atoms with Crippen molar-refractivity contribution >= 4 is 29.2 Å². The van der Waals surface area contributed by atoms with Gasteiger partial charge in [0.05, 0.1) is 11.8 Å². The molecule has 0 amide bonds. The van der Waals surface area contributed by atoms with Gasteiger partial charge in [-0.1, -0.05) is 73.7 Å². The fourth-order valence-electron chi connectivity index (χ4n) is 5.80. The highest BCUT2D eigenvalue weighted by atomic mass is 35.5. The minimum Gasteiger partial charge on any atom is -0.489 e. The third-order valence-corrected chi connectivity index (χ3v) is 8.74. The molecule has 5 rings (SSSR count). The van der Waals surface area contributed by atoms with Crippen molar-refractivity contribution in [1.29, 1.82) is 5.26 Å². The van der Waals surface area contributed by atoms with Crippen molar-refractivity contribution < 1.29 is 19.0 Å². The summed E-state index contributed by atoms with van der Waals surface area (Å²) in [6, 6.07) is 20.2. The predicted molar refractivity (Wildman–Crippen MR) is 164 cm³/mol. The Hall–Kier alpha value is -3.66. The minimum atomic E-state index is -0.482. The van der Waals surface area contributed by atoms with E-state index in [-0.39, 0.29) is 24.4 Å². The number of benzene rings is 3. The van der Waals surface area contributed by atoms with Crippen LogP contribution in [0.5, 0.6) is 17.2 Å². The second kappa shape index (κ2) is 13.5. The van der Waals surface area contributed by atoms with Crippen LogP contribution in [0.3, 0.4) is 0 Å². The van der Waals surface area contributed by atoms with Gasteiger partial charge >= 0.3 is 5.97 Å². The van der Waals surface area contributed by atoms with Crippen LogP contribution in [0.2, 0.25) is 10.0 Å². The molecule has 2 aliphatic rings. The number of esters is 1. The van der Waals surface area contributed by atoms with Gasteiger partial charge in [0, 0.05) is 27.2 Å². The molecule has 0 spiro atoms. The van der Waals surface area contributed by atoms with Crippen molar-refractivity contribution in [2.75, 3.05) is 0 Å². The van der Waals surface area contributed by atoms with Gasteiger partial charge in [0.1, 0.15) is 35.5 Å². The van der Waals surface area contributed by atoms with Crippen molar-refractivity contribution in [3.05, 3.63) is 98.9 Å². The zero-order valence-electron chi connectivity index (χ0n) is 23.6. The van der Waals surface area contributed by atoms with E-state index in [9.17, 15) is 10.1 Å². The van der Waals surface area contributed by atoms with Crippen molar-refractivity contribution in [1.82, 2.24) is 0 Å². The minimum absolute atomic E-state index is 0.0168. The molecule has 8 heteroatoms. The first-order chi connectivity index (χ1) is 20.4. The largest absolute Gasteiger partial charge is 0.489 e. The monoisotopic (exact) mass is 604 g/mol. The van der Waals surface area contributed by atoms with Gasteiger partial charge in [0.25, 0.3) is 0 Å². The second-order valence-electron chi connectivity index (χ2n) is 11.0. The summed E-state index contributed by atoms with van der Waals surface area (Å²) in [7, 11) is 0. The first-order valence-electron chi connectivity index (χ1n) is 14.5. The zero-order valence-corrected chi connectivity index (χ0v) is 25.1. The number of nitrogens with two attached hydrogens (primary N) is 1. The van der Waals surface area contributed by atoms with E-state index in [1.54, 1.807) is 24.3 Å². The van der Waals surface area contributed by atoms with Crippen molar-refractivity contribution in [2.24, 2.45) is 17.6 Å². The van der Waals surface area contributed by atoms with Gasteiger partial charge in [0.15, 0.2) is 0 Å². The maximum Gasteiger partial charge on any atom is 0.314 e. The lowest BCUT2D eigenvalue weighted by Crippen LogP contribution is -2.26. The quantitative estimate of drug-likeness (QED) is 0.194. The number of unbranched alkanes of at least 4 members (excludes halogenated alkanes) is 1. The molecule has 1 unspecified atom stereocenters. The van der Waals surface area contributed by atoms with E-state index in [0.717, 1.165) is 42.4 Å². The van der Waals surface area contributed by atoms with Gasteiger partial charge in [-0.05, 0) is 67.5 Å². The fourth-order valence-corrected chi connectivity index (χ4v) is 6.27. The highest BCUT2D eigenvalue weighted by molar-refractivity contribution is 6.35. The summed E-state index contributed by atoms with van der Waals surface area (Å²) in [5, 5.41) is 11.1. The number of halogens is 2. The molecule has 1 aliphatic carbocycles. The van der Waals surface area contributed by atoms with Crippen LogP contribution in [0.4, 0.5) is 0 Å². The molecule has 1 saturated carbocycles. The Morgan fingerprint density at radius 2 is 1.86 bits per heavy atom. The molecular weight excluding hydrogens is 571 g/mol. The van der Waals surface area contributed by atoms with Crippen molar-refractivity contribution in [3.63, 3.8) is 0 Å². The standard InChI is InChI=1S/C34H34Cl2N2O4/c1-2-3-5-21-8-10-22(11-9-21)34(39)41-27-14-15-28-31(18-27)42-33(38)29(19-37)32(28)23-6-4-7-26(16-23)40-20-24-12-13-25(35)17-30(24)36/h4,6-7,12-18,21-22,32H,2-3,5,8-11,20,38H2,1H3. The Morgan fingerprint density at radius 1 is 1.05 bits per heavy atom. The van der Waals surface area contributed by atoms with Crippen LogP contribution in [0, 0.1) is 23.2 Å². The molecular formula is C34H34Cl2N2O4. The lowest BCUT2D eigenvalue weighted by molar-refractivity contribution is -0.140. The number of rotatable bonds is 9. The van der Waals surface area contributed by atoms with Crippen molar-refractivity contribution in [3.8, 4) is 23.3 Å². The number of ether oxygens (including phenoxy) is 3. The summed E-state index contributed by atoms with van der Waals surface area (Å²) in [6.07, 6.45) is 7.56. The summed E-state index contributed by atoms with van der Waals surface area (Å²) in [5.74, 6) is 1.41. The van der Waals surface area contributed by atoms with Crippen LogP contribution < -0.4 is 19.9 Å². The molecule has 0 aromatic heterocycles. The van der Waals surface area contributed by atoms with Gasteiger partial charge < -0.3 is 19.9 Å². The van der Waals surface area contributed by atoms with E-state index in [1.807, 2.05) is 36.4 Å². The number of nitriles is 1. The average molecular weight is 606 g/mol. The molecule has 1 aliphatic heterocycles. The van der Waals surface area contributed by atoms with E-state index in [1.165, 1.54) is 19.3 Å². The van der Waals surface area contributed by atoms with E-state index in [0.29, 0.717) is 38.8 Å². The summed E-state index contributed by atoms with van der Waals surface area (Å²) in [6.45, 7) is 2.46. The summed E-state index contributed by atoms with van der Waals surface area (Å²) in [5.41, 5.74) is 8.87. The van der Waals surface area contributed by atoms with Gasteiger partial charge in [-0.15, -0.1) is 0 Å². The average Bonchev–Trinajstić information content (AvgIpc) is 2.99. The molecule has 6 nitrogen and oxygen atoms in total. The second-order valence-corrected chi connectivity index (χ2v) is 11.8. The predicted octanol–water partition coefficient (Wildman–Crippen LogP) is 8.69. The Kier molecular flexibility index (Phi) is 9.62. The molecule has 0 radical (unpaired) electrons. The first kappa shape index (κ1) is 29.8. The number of allylic oxidation sites excluding steroid dienone is 1. The molecule has 0 saturated heterocycles. The van der Waals surface area contributed by atoms with Crippen LogP contribution in [0.25, 0.3) is 0 Å². The van der Waals surface area contributed by atoms with E-state index >= 15 is 0 Å². The topological polar surface area (TPSA) is 94.6 Å². The fraction of sp³-hybridized carbons (Fsp3) is 0.353. The highest BCUT2D eigenvalue weighted by Gasteiger charge is 2.32. The molecule has 3 aromatic carbocycles. The van der Waals surface area contributed by atoms with E-state index in [4.69, 9.17) is 43.1 Å². The van der Waals surface area contributed by atoms with Gasteiger partial charge in [0.2, 0.25) is 5.88 Å². The van der Waals surface area contributed by atoms with Crippen LogP contribution >= 0.6 is 23.2 Å². The smallest absolute Gasteiger partial charge is 0.314 e. The van der Waals surface area contributed by atoms with Crippen LogP contribution in [0.15, 0.2) is 72.1 Å². The third kappa shape index (κ3) is 6.86. The zero-order chi connectivity index (χ0) is 29.6. The molecule has 1 atom stereocenters. The lowest BCUT2D eigenvalue weighted by atomic mass is 9.80. The van der Waals surface area contributed by atoms with E-state index < -0.39 is 5.92 Å². The molecule has 218 valence electrons. The number of hydrogen-bond donors (Lipinski definition) is 1. The summed E-state index contributed by atoms with van der Waals surface area (Å²) >= 11 is 12.3. The molecule has 42 heavy (non-hydrogen) atoms. The third-order valence-electron chi connectivity index (χ3n) is 8.16. The van der Waals surface area contributed by atoms with Gasteiger partial charge in [-0.2, -0.15) is 5.26 Å². The number of carbonyl (C=O) groups excluding carboxylic acids is 1. The van der Waals surface area contributed by atoms with Crippen LogP contribution in [-0.4, -0.2) is 5.97 Å². The van der Waals surface area contributed by atoms with Gasteiger partial charge in [-0.3, -0.25) is 4.79 Å². The SMILES string of the molecule is CCCCC1CCC(C(=O)Oc2ccc3c(c2)OC(N)=C(C#N)C3c2cccc(OCc3ccc(Cl)cc3Cl)c2)CC1. The molecule has 3 aromatic rings. The Labute approximate surface area is 257 Å². The normalized spacial score (nSPS) is 19.8. The number of fused-ring (bicyclic) bond motifs is 1. The molecule has 0 bridgehead atoms. The van der Waals surface area contributed by atoms with Crippen molar-refractivity contribution in [2.45, 2.75) is 64.4 Å². The Balaban J connectivity index is 1.32. The Bertz CT molecular complexity index is 1520. The van der Waals surface area contributed by atoms with Crippen LogP contribution in [-0.2, 0) is 11.4 Å². The maximum absolute atomic E-state index is 13.0. The lowest BCUT2D eigenvalue weighted by Gasteiger charge is -2.28. The van der Waals surface area contributed by atoms with Gasteiger partial charge in [-0.25, -0.2) is 0 Å². The maximum atomic E-state index is 13.0. The number of hydrogen-bond acceptors (Lipinski definition) is 6. The molecule has 1 fully saturated rings. The van der Waals surface area contributed by atoms with E-state index in [2.05, 4.69) is 13.0 Å². The number of nitrogens with zero attached hydrogens (tertiary/aromatic N) is 1. The first-order valence-corrected chi connectivity index (χ1v) is 15.2. The van der Waals surface area contributed by atoms with Crippen LogP contribution in [0.1, 0.15) is 74.5 Å². The molecule has 2 N–H and O–H groups in total. The Morgan fingerprint density at radius 3 is 2.60 bits per heavy atom. The summed E-state index contributed by atoms with van der Waals surface area (Å²) < 4.78 is 17.7.